The molecular weight excluding hydrogens is 358 g/mol. The van der Waals surface area contributed by atoms with E-state index in [1.165, 1.54) is 0 Å². The van der Waals surface area contributed by atoms with Gasteiger partial charge in [0.2, 0.25) is 0 Å². The van der Waals surface area contributed by atoms with Crippen molar-refractivity contribution in [3.8, 4) is 0 Å². The zero-order chi connectivity index (χ0) is 19.3. The molecule has 1 aliphatic rings. The van der Waals surface area contributed by atoms with Crippen molar-refractivity contribution >= 4 is 34.3 Å². The first-order chi connectivity index (χ1) is 13.7. The Morgan fingerprint density at radius 3 is 2.64 bits per heavy atom. The molecule has 4 N–H and O–H groups in total. The number of aromatic amines is 1. The van der Waals surface area contributed by atoms with Gasteiger partial charge in [0, 0.05) is 30.1 Å². The van der Waals surface area contributed by atoms with Gasteiger partial charge < -0.3 is 25.7 Å². The van der Waals surface area contributed by atoms with Crippen molar-refractivity contribution in [2.75, 3.05) is 23.8 Å². The summed E-state index contributed by atoms with van der Waals surface area (Å²) in [4.78, 5) is 31.5. The van der Waals surface area contributed by atoms with Crippen LogP contribution in [0.4, 0.5) is 16.2 Å². The zero-order valence-corrected chi connectivity index (χ0v) is 15.2. The molecule has 8 heteroatoms. The second-order valence-corrected chi connectivity index (χ2v) is 6.64. The number of carbonyl (C=O) groups excluding carboxylic acids is 2. The van der Waals surface area contributed by atoms with Crippen molar-refractivity contribution in [1.29, 1.82) is 0 Å². The monoisotopic (exact) mass is 379 g/mol. The van der Waals surface area contributed by atoms with Gasteiger partial charge in [-0.2, -0.15) is 0 Å². The minimum atomic E-state index is -0.278. The fraction of sp³-hybridized carbons (Fsp3) is 0.250. The number of ether oxygens (including phenoxy) is 1. The van der Waals surface area contributed by atoms with Gasteiger partial charge in [-0.15, -0.1) is 0 Å². The average molecular weight is 379 g/mol. The fourth-order valence-electron chi connectivity index (χ4n) is 3.10. The molecule has 1 aliphatic heterocycles. The van der Waals surface area contributed by atoms with Crippen molar-refractivity contribution in [2.45, 2.75) is 18.9 Å². The molecule has 1 unspecified atom stereocenters. The van der Waals surface area contributed by atoms with E-state index in [2.05, 4.69) is 25.9 Å². The topological polar surface area (TPSA) is 108 Å². The molecule has 0 bridgehead atoms. The van der Waals surface area contributed by atoms with Gasteiger partial charge in [-0.05, 0) is 55.3 Å². The van der Waals surface area contributed by atoms with E-state index < -0.39 is 0 Å². The highest BCUT2D eigenvalue weighted by atomic mass is 16.5. The first-order valence-corrected chi connectivity index (χ1v) is 9.18. The van der Waals surface area contributed by atoms with Crippen LogP contribution in [0.5, 0.6) is 0 Å². The first kappa shape index (κ1) is 18.0. The molecule has 3 amide bonds. The third-order valence-electron chi connectivity index (χ3n) is 4.60. The SMILES string of the molecule is O=C(NCC1CCCO1)Nc1ccc(NC(=O)c2ccc3nc[nH]c3c2)cc1. The Hall–Kier alpha value is -3.39. The van der Waals surface area contributed by atoms with E-state index in [1.807, 2.05) is 0 Å². The maximum atomic E-state index is 12.4. The van der Waals surface area contributed by atoms with Gasteiger partial charge in [0.1, 0.15) is 0 Å². The van der Waals surface area contributed by atoms with Crippen LogP contribution in [0, 0.1) is 0 Å². The Bertz CT molecular complexity index is 977. The number of hydrogen-bond donors (Lipinski definition) is 4. The number of amides is 3. The van der Waals surface area contributed by atoms with Crippen LogP contribution in [0.2, 0.25) is 0 Å². The van der Waals surface area contributed by atoms with Crippen molar-refractivity contribution in [3.05, 3.63) is 54.4 Å². The molecule has 2 aromatic carbocycles. The first-order valence-electron chi connectivity index (χ1n) is 9.18. The lowest BCUT2D eigenvalue weighted by atomic mass is 10.2. The number of urea groups is 1. The summed E-state index contributed by atoms with van der Waals surface area (Å²) in [6.07, 6.45) is 3.71. The van der Waals surface area contributed by atoms with Gasteiger partial charge in [0.15, 0.2) is 0 Å². The van der Waals surface area contributed by atoms with Crippen LogP contribution in [0.15, 0.2) is 48.8 Å². The highest BCUT2D eigenvalue weighted by molar-refractivity contribution is 6.06. The molecule has 28 heavy (non-hydrogen) atoms. The number of imidazole rings is 1. The normalized spacial score (nSPS) is 16.1. The number of aromatic nitrogens is 2. The second kappa shape index (κ2) is 8.10. The van der Waals surface area contributed by atoms with E-state index in [-0.39, 0.29) is 18.0 Å². The summed E-state index contributed by atoms with van der Waals surface area (Å²) in [6.45, 7) is 1.26. The van der Waals surface area contributed by atoms with Gasteiger partial charge in [-0.1, -0.05) is 0 Å². The molecule has 4 rings (SSSR count). The third kappa shape index (κ3) is 4.29. The largest absolute Gasteiger partial charge is 0.376 e. The molecule has 1 atom stereocenters. The number of nitrogens with zero attached hydrogens (tertiary/aromatic N) is 1. The fourth-order valence-corrected chi connectivity index (χ4v) is 3.10. The van der Waals surface area contributed by atoms with Crippen molar-refractivity contribution in [2.24, 2.45) is 0 Å². The molecular formula is C20H21N5O3. The van der Waals surface area contributed by atoms with E-state index in [4.69, 9.17) is 4.74 Å². The van der Waals surface area contributed by atoms with Crippen LogP contribution in [-0.2, 0) is 4.74 Å². The van der Waals surface area contributed by atoms with Crippen LogP contribution >= 0.6 is 0 Å². The molecule has 2 heterocycles. The average Bonchev–Trinajstić information content (AvgIpc) is 3.39. The van der Waals surface area contributed by atoms with Crippen molar-refractivity contribution in [3.63, 3.8) is 0 Å². The standard InChI is InChI=1S/C20H21N5O3/c26-19(13-3-8-17-18(10-13)23-12-22-17)24-14-4-6-15(7-5-14)25-20(27)21-11-16-2-1-9-28-16/h3-8,10,12,16H,1-2,9,11H2,(H,22,23)(H,24,26)(H2,21,25,27). The summed E-state index contributed by atoms with van der Waals surface area (Å²) < 4.78 is 5.47. The Kier molecular flexibility index (Phi) is 5.20. The highest BCUT2D eigenvalue weighted by Crippen LogP contribution is 2.17. The molecule has 1 fully saturated rings. The molecule has 144 valence electrons. The molecule has 1 aromatic heterocycles. The summed E-state index contributed by atoms with van der Waals surface area (Å²) in [5, 5.41) is 8.41. The van der Waals surface area contributed by atoms with Gasteiger partial charge in [0.05, 0.1) is 23.5 Å². The Balaban J connectivity index is 1.31. The highest BCUT2D eigenvalue weighted by Gasteiger charge is 2.16. The summed E-state index contributed by atoms with van der Waals surface area (Å²) in [6, 6.07) is 11.9. The Morgan fingerprint density at radius 1 is 1.11 bits per heavy atom. The van der Waals surface area contributed by atoms with Crippen LogP contribution in [-0.4, -0.2) is 41.2 Å². The molecule has 0 saturated carbocycles. The summed E-state index contributed by atoms with van der Waals surface area (Å²) in [7, 11) is 0. The number of carbonyl (C=O) groups is 2. The number of H-pyrrole nitrogens is 1. The molecule has 8 nitrogen and oxygen atoms in total. The minimum Gasteiger partial charge on any atom is -0.376 e. The van der Waals surface area contributed by atoms with Crippen LogP contribution in [0.1, 0.15) is 23.2 Å². The van der Waals surface area contributed by atoms with E-state index >= 15 is 0 Å². The van der Waals surface area contributed by atoms with Gasteiger partial charge in [-0.3, -0.25) is 4.79 Å². The molecule has 1 saturated heterocycles. The molecule has 3 aromatic rings. The number of hydrogen-bond acceptors (Lipinski definition) is 4. The van der Waals surface area contributed by atoms with Crippen LogP contribution in [0.3, 0.4) is 0 Å². The minimum absolute atomic E-state index is 0.101. The summed E-state index contributed by atoms with van der Waals surface area (Å²) in [5.41, 5.74) is 3.43. The molecule has 0 aliphatic carbocycles. The van der Waals surface area contributed by atoms with Gasteiger partial charge in [-0.25, -0.2) is 9.78 Å². The lowest BCUT2D eigenvalue weighted by Gasteiger charge is -2.12. The van der Waals surface area contributed by atoms with E-state index in [0.29, 0.717) is 23.5 Å². The Labute approximate surface area is 161 Å². The number of rotatable bonds is 5. The molecule has 0 spiro atoms. The van der Waals surface area contributed by atoms with E-state index in [1.54, 1.807) is 48.8 Å². The number of nitrogens with one attached hydrogen (secondary N) is 4. The van der Waals surface area contributed by atoms with Crippen molar-refractivity contribution in [1.82, 2.24) is 15.3 Å². The zero-order valence-electron chi connectivity index (χ0n) is 15.2. The third-order valence-corrected chi connectivity index (χ3v) is 4.60. The number of benzene rings is 2. The van der Waals surface area contributed by atoms with E-state index in [0.717, 1.165) is 30.5 Å². The predicted octanol–water partition coefficient (Wildman–Crippen LogP) is 3.12. The lowest BCUT2D eigenvalue weighted by molar-refractivity contribution is 0.102. The Morgan fingerprint density at radius 2 is 1.89 bits per heavy atom. The smallest absolute Gasteiger partial charge is 0.319 e. The summed E-state index contributed by atoms with van der Waals surface area (Å²) >= 11 is 0. The van der Waals surface area contributed by atoms with E-state index in [9.17, 15) is 9.59 Å². The summed E-state index contributed by atoms with van der Waals surface area (Å²) in [5.74, 6) is -0.216. The number of anilines is 2. The van der Waals surface area contributed by atoms with Crippen LogP contribution in [0.25, 0.3) is 11.0 Å². The molecule has 0 radical (unpaired) electrons. The maximum absolute atomic E-state index is 12.4. The number of fused-ring (bicyclic) bond motifs is 1. The predicted molar refractivity (Wildman–Crippen MR) is 106 cm³/mol. The van der Waals surface area contributed by atoms with Gasteiger partial charge >= 0.3 is 6.03 Å². The quantitative estimate of drug-likeness (QED) is 0.546. The van der Waals surface area contributed by atoms with Crippen LogP contribution < -0.4 is 16.0 Å². The second-order valence-electron chi connectivity index (χ2n) is 6.64. The van der Waals surface area contributed by atoms with Gasteiger partial charge in [0.25, 0.3) is 5.91 Å². The maximum Gasteiger partial charge on any atom is 0.319 e. The lowest BCUT2D eigenvalue weighted by Crippen LogP contribution is -2.35. The van der Waals surface area contributed by atoms with Crippen molar-refractivity contribution < 1.29 is 14.3 Å².